The number of nitrogens with two attached hydrogens (primary N) is 1. The van der Waals surface area contributed by atoms with E-state index >= 15 is 0 Å². The van der Waals surface area contributed by atoms with E-state index in [-0.39, 0.29) is 5.91 Å². The van der Waals surface area contributed by atoms with Crippen molar-refractivity contribution in [1.29, 1.82) is 0 Å². The van der Waals surface area contributed by atoms with E-state index in [4.69, 9.17) is 5.73 Å². The fraction of sp³-hybridized carbons (Fsp3) is 0.263. The molecule has 0 aromatic heterocycles. The molecule has 4 nitrogen and oxygen atoms in total. The second-order valence-corrected chi connectivity index (χ2v) is 5.55. The maximum Gasteiger partial charge on any atom is 0.255 e. The molecule has 0 unspecified atom stereocenters. The molecule has 0 atom stereocenters. The molecule has 0 spiro atoms. The molecule has 0 fully saturated rings. The Morgan fingerprint density at radius 3 is 2.09 bits per heavy atom. The molecule has 2 rings (SSSR count). The summed E-state index contributed by atoms with van der Waals surface area (Å²) in [5.74, 6) is -0.713. The number of hydrogen-bond donors (Lipinski definition) is 2. The molecule has 0 aliphatic heterocycles. The monoisotopic (exact) mass is 310 g/mol. The Kier molecular flexibility index (Phi) is 5.92. The highest BCUT2D eigenvalue weighted by Crippen LogP contribution is 2.14. The summed E-state index contributed by atoms with van der Waals surface area (Å²) < 4.78 is 0. The highest BCUT2D eigenvalue weighted by molar-refractivity contribution is 6.05. The first kappa shape index (κ1) is 16.7. The number of anilines is 1. The molecule has 2 aromatic carbocycles. The van der Waals surface area contributed by atoms with E-state index in [1.54, 1.807) is 24.3 Å². The quantitative estimate of drug-likeness (QED) is 0.764. The minimum Gasteiger partial charge on any atom is -0.366 e. The van der Waals surface area contributed by atoms with Gasteiger partial charge in [-0.1, -0.05) is 31.9 Å². The topological polar surface area (TPSA) is 72.2 Å². The predicted octanol–water partition coefficient (Wildman–Crippen LogP) is 3.77. The maximum absolute atomic E-state index is 12.2. The van der Waals surface area contributed by atoms with Gasteiger partial charge < -0.3 is 11.1 Å². The highest BCUT2D eigenvalue weighted by Gasteiger charge is 2.07. The van der Waals surface area contributed by atoms with Crippen LogP contribution in [-0.4, -0.2) is 11.8 Å². The summed E-state index contributed by atoms with van der Waals surface area (Å²) in [5.41, 5.74) is 8.09. The van der Waals surface area contributed by atoms with Crippen molar-refractivity contribution < 1.29 is 9.59 Å². The Labute approximate surface area is 136 Å². The number of aryl methyl sites for hydroxylation is 1. The number of nitrogens with one attached hydrogen (secondary N) is 1. The van der Waals surface area contributed by atoms with E-state index in [2.05, 4.69) is 12.2 Å². The van der Waals surface area contributed by atoms with Crippen LogP contribution in [0.1, 0.15) is 52.5 Å². The van der Waals surface area contributed by atoms with Crippen molar-refractivity contribution in [1.82, 2.24) is 0 Å². The van der Waals surface area contributed by atoms with Gasteiger partial charge in [-0.2, -0.15) is 0 Å². The Morgan fingerprint density at radius 2 is 1.52 bits per heavy atom. The zero-order chi connectivity index (χ0) is 16.7. The van der Waals surface area contributed by atoms with Gasteiger partial charge in [0.05, 0.1) is 0 Å². The van der Waals surface area contributed by atoms with Gasteiger partial charge in [0.25, 0.3) is 5.91 Å². The summed E-state index contributed by atoms with van der Waals surface area (Å²) in [6.45, 7) is 2.19. The molecule has 0 bridgehead atoms. The van der Waals surface area contributed by atoms with E-state index < -0.39 is 5.91 Å². The largest absolute Gasteiger partial charge is 0.366 e. The van der Waals surface area contributed by atoms with Crippen LogP contribution in [0, 0.1) is 0 Å². The Morgan fingerprint density at radius 1 is 0.913 bits per heavy atom. The van der Waals surface area contributed by atoms with Crippen molar-refractivity contribution in [3.63, 3.8) is 0 Å². The van der Waals surface area contributed by atoms with Gasteiger partial charge in [0.2, 0.25) is 5.91 Å². The molecule has 0 radical (unpaired) electrons. The van der Waals surface area contributed by atoms with Crippen LogP contribution in [0.3, 0.4) is 0 Å². The molecule has 23 heavy (non-hydrogen) atoms. The third-order valence-corrected chi connectivity index (χ3v) is 3.71. The molecule has 120 valence electrons. The van der Waals surface area contributed by atoms with Crippen LogP contribution in [0.15, 0.2) is 48.5 Å². The van der Waals surface area contributed by atoms with Gasteiger partial charge in [-0.15, -0.1) is 0 Å². The predicted molar refractivity (Wildman–Crippen MR) is 92.6 cm³/mol. The third kappa shape index (κ3) is 4.95. The highest BCUT2D eigenvalue weighted by atomic mass is 16.2. The zero-order valence-corrected chi connectivity index (χ0v) is 13.3. The van der Waals surface area contributed by atoms with Gasteiger partial charge in [-0.25, -0.2) is 0 Å². The van der Waals surface area contributed by atoms with Crippen LogP contribution in [0.25, 0.3) is 0 Å². The van der Waals surface area contributed by atoms with Gasteiger partial charge >= 0.3 is 0 Å². The SMILES string of the molecule is CCCCCc1ccc(NC(=O)c2ccc(C(N)=O)cc2)cc1. The third-order valence-electron chi connectivity index (χ3n) is 3.71. The van der Waals surface area contributed by atoms with Gasteiger partial charge in [-0.05, 0) is 54.8 Å². The van der Waals surface area contributed by atoms with Crippen molar-refractivity contribution in [3.8, 4) is 0 Å². The molecular formula is C19H22N2O2. The summed E-state index contributed by atoms with van der Waals surface area (Å²) in [6.07, 6.45) is 4.70. The lowest BCUT2D eigenvalue weighted by Crippen LogP contribution is -2.14. The number of amides is 2. The number of rotatable bonds is 7. The number of carbonyl (C=O) groups excluding carboxylic acids is 2. The average Bonchev–Trinajstić information content (AvgIpc) is 2.56. The number of carbonyl (C=O) groups is 2. The van der Waals surface area contributed by atoms with Crippen LogP contribution in [-0.2, 0) is 6.42 Å². The van der Waals surface area contributed by atoms with E-state index in [9.17, 15) is 9.59 Å². The number of benzene rings is 2. The molecular weight excluding hydrogens is 288 g/mol. The minimum absolute atomic E-state index is 0.209. The number of unbranched alkanes of at least 4 members (excludes halogenated alkanes) is 2. The lowest BCUT2D eigenvalue weighted by atomic mass is 10.1. The summed E-state index contributed by atoms with van der Waals surface area (Å²) in [6, 6.07) is 14.2. The second-order valence-electron chi connectivity index (χ2n) is 5.55. The first-order chi connectivity index (χ1) is 11.1. The molecule has 0 aliphatic carbocycles. The molecule has 4 heteroatoms. The summed E-state index contributed by atoms with van der Waals surface area (Å²) in [4.78, 5) is 23.2. The van der Waals surface area contributed by atoms with Crippen molar-refractivity contribution in [2.45, 2.75) is 32.6 Å². The smallest absolute Gasteiger partial charge is 0.255 e. The molecule has 0 heterocycles. The van der Waals surface area contributed by atoms with Gasteiger partial charge in [0.1, 0.15) is 0 Å². The van der Waals surface area contributed by atoms with E-state index in [1.165, 1.54) is 24.8 Å². The fourth-order valence-electron chi connectivity index (χ4n) is 2.32. The molecule has 3 N–H and O–H groups in total. The van der Waals surface area contributed by atoms with Gasteiger partial charge in [-0.3, -0.25) is 9.59 Å². The first-order valence-corrected chi connectivity index (χ1v) is 7.90. The zero-order valence-electron chi connectivity index (χ0n) is 13.3. The van der Waals surface area contributed by atoms with Crippen molar-refractivity contribution in [2.24, 2.45) is 5.73 Å². The summed E-state index contributed by atoms with van der Waals surface area (Å²) >= 11 is 0. The van der Waals surface area contributed by atoms with Gasteiger partial charge in [0, 0.05) is 16.8 Å². The lowest BCUT2D eigenvalue weighted by molar-refractivity contribution is 0.0995. The summed E-state index contributed by atoms with van der Waals surface area (Å²) in [7, 11) is 0. The van der Waals surface area contributed by atoms with Crippen molar-refractivity contribution >= 4 is 17.5 Å². The maximum atomic E-state index is 12.2. The second kappa shape index (κ2) is 8.13. The van der Waals surface area contributed by atoms with Gasteiger partial charge in [0.15, 0.2) is 0 Å². The summed E-state index contributed by atoms with van der Waals surface area (Å²) in [5, 5.41) is 2.85. The Bertz CT molecular complexity index is 661. The molecule has 0 aliphatic rings. The Balaban J connectivity index is 1.95. The Hall–Kier alpha value is -2.62. The van der Waals surface area contributed by atoms with Crippen LogP contribution in [0.5, 0.6) is 0 Å². The lowest BCUT2D eigenvalue weighted by Gasteiger charge is -2.07. The van der Waals surface area contributed by atoms with E-state index in [0.717, 1.165) is 12.1 Å². The minimum atomic E-state index is -0.504. The van der Waals surface area contributed by atoms with Crippen molar-refractivity contribution in [3.05, 3.63) is 65.2 Å². The molecule has 2 amide bonds. The normalized spacial score (nSPS) is 10.3. The number of hydrogen-bond acceptors (Lipinski definition) is 2. The van der Waals surface area contributed by atoms with Crippen LogP contribution < -0.4 is 11.1 Å². The number of primary amides is 1. The molecule has 0 saturated heterocycles. The molecule has 0 saturated carbocycles. The van der Waals surface area contributed by atoms with Crippen LogP contribution in [0.2, 0.25) is 0 Å². The average molecular weight is 310 g/mol. The first-order valence-electron chi connectivity index (χ1n) is 7.90. The van der Waals surface area contributed by atoms with E-state index in [0.29, 0.717) is 11.1 Å². The van der Waals surface area contributed by atoms with Crippen LogP contribution >= 0.6 is 0 Å². The standard InChI is InChI=1S/C19H22N2O2/c1-2-3-4-5-14-6-12-17(13-7-14)21-19(23)16-10-8-15(9-11-16)18(20)22/h6-13H,2-5H2,1H3,(H2,20,22)(H,21,23). The van der Waals surface area contributed by atoms with Crippen molar-refractivity contribution in [2.75, 3.05) is 5.32 Å². The van der Waals surface area contributed by atoms with E-state index in [1.807, 2.05) is 24.3 Å². The fourth-order valence-corrected chi connectivity index (χ4v) is 2.32. The molecule has 2 aromatic rings. The van der Waals surface area contributed by atoms with Crippen LogP contribution in [0.4, 0.5) is 5.69 Å².